The van der Waals surface area contributed by atoms with Gasteiger partial charge in [-0.2, -0.15) is 0 Å². The highest BCUT2D eigenvalue weighted by Crippen LogP contribution is 2.11. The van der Waals surface area contributed by atoms with Crippen molar-refractivity contribution in [2.75, 3.05) is 13.2 Å². The average Bonchev–Trinajstić information content (AvgIpc) is 3.12. The molecular weight excluding hydrogens is 304 g/mol. The predicted molar refractivity (Wildman–Crippen MR) is 93.5 cm³/mol. The van der Waals surface area contributed by atoms with Crippen molar-refractivity contribution in [2.45, 2.75) is 32.4 Å². The Labute approximate surface area is 142 Å². The molecular formula is C19H24N2O3. The molecule has 128 valence electrons. The van der Waals surface area contributed by atoms with Gasteiger partial charge in [-0.05, 0) is 37.5 Å². The summed E-state index contributed by atoms with van der Waals surface area (Å²) in [6.07, 6.45) is 8.97. The molecule has 1 aromatic carbocycles. The van der Waals surface area contributed by atoms with Crippen LogP contribution in [0.2, 0.25) is 0 Å². The monoisotopic (exact) mass is 328 g/mol. The molecule has 1 heterocycles. The Morgan fingerprint density at radius 1 is 1.29 bits per heavy atom. The van der Waals surface area contributed by atoms with Crippen molar-refractivity contribution >= 4 is 11.8 Å². The number of hydrogen-bond donors (Lipinski definition) is 2. The summed E-state index contributed by atoms with van der Waals surface area (Å²) in [5.41, 5.74) is 1.47. The highest BCUT2D eigenvalue weighted by molar-refractivity contribution is 5.94. The molecule has 2 N–H and O–H groups in total. The number of rotatable bonds is 7. The molecule has 0 unspecified atom stereocenters. The summed E-state index contributed by atoms with van der Waals surface area (Å²) in [5, 5.41) is 5.69. The molecule has 1 aliphatic rings. The maximum Gasteiger partial charge on any atom is 0.251 e. The molecule has 5 heteroatoms. The van der Waals surface area contributed by atoms with E-state index in [0.29, 0.717) is 18.7 Å². The Kier molecular flexibility index (Phi) is 7.23. The number of nitrogens with one attached hydrogen (secondary N) is 2. The van der Waals surface area contributed by atoms with Crippen molar-refractivity contribution in [2.24, 2.45) is 0 Å². The molecule has 1 aromatic rings. The summed E-state index contributed by atoms with van der Waals surface area (Å²) in [4.78, 5) is 23.8. The first-order valence-corrected chi connectivity index (χ1v) is 8.25. The van der Waals surface area contributed by atoms with Gasteiger partial charge >= 0.3 is 0 Å². The SMILES string of the molecule is C/C=C/C=C\C(=O)NCc1cccc(C(=O)NC[C@@H]2CCCO2)c1. The topological polar surface area (TPSA) is 67.4 Å². The summed E-state index contributed by atoms with van der Waals surface area (Å²) < 4.78 is 5.49. The Bertz CT molecular complexity index is 617. The van der Waals surface area contributed by atoms with Crippen molar-refractivity contribution < 1.29 is 14.3 Å². The second kappa shape index (κ2) is 9.67. The van der Waals surface area contributed by atoms with Crippen LogP contribution in [0.3, 0.4) is 0 Å². The van der Waals surface area contributed by atoms with Gasteiger partial charge in [0.2, 0.25) is 5.91 Å². The zero-order valence-corrected chi connectivity index (χ0v) is 14.0. The summed E-state index contributed by atoms with van der Waals surface area (Å²) in [6, 6.07) is 7.26. The molecule has 0 aromatic heterocycles. The molecule has 1 fully saturated rings. The third-order valence-electron chi connectivity index (χ3n) is 3.72. The number of carbonyl (C=O) groups excluding carboxylic acids is 2. The highest BCUT2D eigenvalue weighted by atomic mass is 16.5. The van der Waals surface area contributed by atoms with Crippen LogP contribution in [0.4, 0.5) is 0 Å². The molecule has 0 saturated carbocycles. The van der Waals surface area contributed by atoms with Crippen LogP contribution < -0.4 is 10.6 Å². The summed E-state index contributed by atoms with van der Waals surface area (Å²) in [5.74, 6) is -0.284. The fourth-order valence-corrected chi connectivity index (χ4v) is 2.44. The summed E-state index contributed by atoms with van der Waals surface area (Å²) >= 11 is 0. The van der Waals surface area contributed by atoms with Crippen molar-refractivity contribution in [1.29, 1.82) is 0 Å². The van der Waals surface area contributed by atoms with Gasteiger partial charge in [0.05, 0.1) is 6.10 Å². The van der Waals surface area contributed by atoms with Crippen molar-refractivity contribution in [3.8, 4) is 0 Å². The minimum Gasteiger partial charge on any atom is -0.376 e. The molecule has 0 bridgehead atoms. The third kappa shape index (κ3) is 6.01. The lowest BCUT2D eigenvalue weighted by molar-refractivity contribution is -0.116. The normalized spacial score (nSPS) is 17.5. The third-order valence-corrected chi connectivity index (χ3v) is 3.72. The molecule has 2 amide bonds. The van der Waals surface area contributed by atoms with Gasteiger partial charge in [-0.3, -0.25) is 9.59 Å². The van der Waals surface area contributed by atoms with Gasteiger partial charge in [-0.15, -0.1) is 0 Å². The molecule has 0 aliphatic carbocycles. The van der Waals surface area contributed by atoms with Gasteiger partial charge in [0.25, 0.3) is 5.91 Å². The van der Waals surface area contributed by atoms with Gasteiger partial charge in [-0.1, -0.05) is 30.4 Å². The quantitative estimate of drug-likeness (QED) is 0.596. The largest absolute Gasteiger partial charge is 0.376 e. The minimum atomic E-state index is -0.165. The molecule has 5 nitrogen and oxygen atoms in total. The second-order valence-electron chi connectivity index (χ2n) is 5.65. The number of ether oxygens (including phenoxy) is 1. The lowest BCUT2D eigenvalue weighted by Gasteiger charge is -2.11. The number of carbonyl (C=O) groups is 2. The van der Waals surface area contributed by atoms with Crippen LogP contribution in [-0.2, 0) is 16.1 Å². The van der Waals surface area contributed by atoms with E-state index in [9.17, 15) is 9.59 Å². The first-order valence-electron chi connectivity index (χ1n) is 8.25. The average molecular weight is 328 g/mol. The fraction of sp³-hybridized carbons (Fsp3) is 0.368. The lowest BCUT2D eigenvalue weighted by Crippen LogP contribution is -2.31. The van der Waals surface area contributed by atoms with E-state index in [1.807, 2.05) is 25.1 Å². The molecule has 1 atom stereocenters. The highest BCUT2D eigenvalue weighted by Gasteiger charge is 2.16. The van der Waals surface area contributed by atoms with E-state index in [0.717, 1.165) is 25.0 Å². The fourth-order valence-electron chi connectivity index (χ4n) is 2.44. The molecule has 1 aliphatic heterocycles. The standard InChI is InChI=1S/C19H24N2O3/c1-2-3-4-10-18(22)20-13-15-7-5-8-16(12-15)19(23)21-14-17-9-6-11-24-17/h2-5,7-8,10,12,17H,6,9,11,13-14H2,1H3,(H,20,22)(H,21,23)/b3-2+,10-4-/t17-/m0/s1. The van der Waals surface area contributed by atoms with Crippen LogP contribution in [-0.4, -0.2) is 31.1 Å². The van der Waals surface area contributed by atoms with Crippen molar-refractivity contribution in [1.82, 2.24) is 10.6 Å². The van der Waals surface area contributed by atoms with E-state index in [4.69, 9.17) is 4.74 Å². The predicted octanol–water partition coefficient (Wildman–Crippen LogP) is 2.34. The smallest absolute Gasteiger partial charge is 0.251 e. The summed E-state index contributed by atoms with van der Waals surface area (Å²) in [6.45, 7) is 3.58. The van der Waals surface area contributed by atoms with Crippen LogP contribution in [0.5, 0.6) is 0 Å². The van der Waals surface area contributed by atoms with E-state index in [1.54, 1.807) is 24.3 Å². The molecule has 24 heavy (non-hydrogen) atoms. The van der Waals surface area contributed by atoms with E-state index in [1.165, 1.54) is 6.08 Å². The van der Waals surface area contributed by atoms with Gasteiger partial charge in [0, 0.05) is 31.3 Å². The van der Waals surface area contributed by atoms with Gasteiger partial charge in [0.15, 0.2) is 0 Å². The van der Waals surface area contributed by atoms with Gasteiger partial charge in [-0.25, -0.2) is 0 Å². The molecule has 0 spiro atoms. The van der Waals surface area contributed by atoms with Crippen LogP contribution in [0.1, 0.15) is 35.7 Å². The minimum absolute atomic E-state index is 0.119. The Morgan fingerprint density at radius 3 is 2.92 bits per heavy atom. The Morgan fingerprint density at radius 2 is 2.17 bits per heavy atom. The Balaban J connectivity index is 1.83. The summed E-state index contributed by atoms with van der Waals surface area (Å²) in [7, 11) is 0. The number of allylic oxidation sites excluding steroid dienone is 3. The molecule has 2 rings (SSSR count). The van der Waals surface area contributed by atoms with Gasteiger partial charge in [0.1, 0.15) is 0 Å². The van der Waals surface area contributed by atoms with E-state index in [-0.39, 0.29) is 17.9 Å². The zero-order valence-electron chi connectivity index (χ0n) is 14.0. The van der Waals surface area contributed by atoms with Crippen molar-refractivity contribution in [3.05, 3.63) is 59.7 Å². The van der Waals surface area contributed by atoms with Crippen LogP contribution in [0, 0.1) is 0 Å². The van der Waals surface area contributed by atoms with Crippen molar-refractivity contribution in [3.63, 3.8) is 0 Å². The lowest BCUT2D eigenvalue weighted by atomic mass is 10.1. The molecule has 0 radical (unpaired) electrons. The Hall–Kier alpha value is -2.40. The maximum atomic E-state index is 12.2. The molecule has 1 saturated heterocycles. The van der Waals surface area contributed by atoms with E-state index >= 15 is 0 Å². The van der Waals surface area contributed by atoms with Gasteiger partial charge < -0.3 is 15.4 Å². The first kappa shape index (κ1) is 17.9. The first-order chi connectivity index (χ1) is 11.7. The maximum absolute atomic E-state index is 12.2. The second-order valence-corrected chi connectivity index (χ2v) is 5.65. The van der Waals surface area contributed by atoms with E-state index < -0.39 is 0 Å². The van der Waals surface area contributed by atoms with Crippen LogP contribution >= 0.6 is 0 Å². The van der Waals surface area contributed by atoms with E-state index in [2.05, 4.69) is 10.6 Å². The zero-order chi connectivity index (χ0) is 17.2. The van der Waals surface area contributed by atoms with Crippen LogP contribution in [0.25, 0.3) is 0 Å². The van der Waals surface area contributed by atoms with Crippen LogP contribution in [0.15, 0.2) is 48.6 Å². The number of amides is 2. The number of benzene rings is 1. The number of hydrogen-bond acceptors (Lipinski definition) is 3.